The molecule has 0 fully saturated rings. The first kappa shape index (κ1) is 16.9. The minimum Gasteiger partial charge on any atom is -0.363 e. The number of hydrogen-bond acceptors (Lipinski definition) is 7. The van der Waals surface area contributed by atoms with E-state index in [4.69, 9.17) is 10.3 Å². The number of sulfonamides is 1. The van der Waals surface area contributed by atoms with Gasteiger partial charge in [0.15, 0.2) is 5.82 Å². The van der Waals surface area contributed by atoms with Crippen LogP contribution in [0.5, 0.6) is 0 Å². The Morgan fingerprint density at radius 1 is 1.48 bits per heavy atom. The predicted molar refractivity (Wildman–Crippen MR) is 81.1 cm³/mol. The highest BCUT2D eigenvalue weighted by Crippen LogP contribution is 2.20. The average molecular weight is 342 g/mol. The van der Waals surface area contributed by atoms with Crippen LogP contribution in [0.25, 0.3) is 0 Å². The summed E-state index contributed by atoms with van der Waals surface area (Å²) in [6, 6.07) is 1.65. The molecule has 10 nitrogen and oxygen atoms in total. The Balaban J connectivity index is 2.34. The van der Waals surface area contributed by atoms with Crippen LogP contribution in [0.1, 0.15) is 35.5 Å². The van der Waals surface area contributed by atoms with E-state index in [1.54, 1.807) is 10.7 Å². The molecule has 0 aromatic carbocycles. The van der Waals surface area contributed by atoms with Gasteiger partial charge in [-0.15, -0.1) is 0 Å². The van der Waals surface area contributed by atoms with E-state index in [2.05, 4.69) is 15.2 Å². The fourth-order valence-corrected chi connectivity index (χ4v) is 2.74. The minimum absolute atomic E-state index is 0.0491. The molecule has 1 amide bonds. The first-order valence-electron chi connectivity index (χ1n) is 6.87. The van der Waals surface area contributed by atoms with Crippen molar-refractivity contribution in [3.63, 3.8) is 0 Å². The highest BCUT2D eigenvalue weighted by atomic mass is 32.2. The summed E-state index contributed by atoms with van der Waals surface area (Å²) in [4.78, 5) is 14.7. The third kappa shape index (κ3) is 3.86. The number of carbonyl (C=O) groups is 1. The molecule has 0 saturated carbocycles. The number of rotatable bonds is 7. The van der Waals surface area contributed by atoms with E-state index in [0.717, 1.165) is 22.7 Å². The van der Waals surface area contributed by atoms with E-state index < -0.39 is 15.9 Å². The van der Waals surface area contributed by atoms with Crippen molar-refractivity contribution in [1.29, 1.82) is 0 Å². The summed E-state index contributed by atoms with van der Waals surface area (Å²) >= 11 is 0. The van der Waals surface area contributed by atoms with Crippen molar-refractivity contribution < 1.29 is 17.7 Å². The number of anilines is 1. The topological polar surface area (TPSA) is 137 Å². The number of amides is 1. The first-order chi connectivity index (χ1) is 10.7. The highest BCUT2D eigenvalue weighted by molar-refractivity contribution is 7.92. The molecule has 0 aliphatic heterocycles. The number of nitrogens with zero attached hydrogens (tertiary/aromatic N) is 5. The lowest BCUT2D eigenvalue weighted by molar-refractivity contribution is 0.0987. The van der Waals surface area contributed by atoms with Crippen LogP contribution < -0.4 is 10.0 Å². The second-order valence-electron chi connectivity index (χ2n) is 5.01. The number of hydrogen-bond donors (Lipinski definition) is 1. The number of carbonyl (C=O) groups excluding carboxylic acids is 1. The maximum absolute atomic E-state index is 12.1. The lowest BCUT2D eigenvalue weighted by Gasteiger charge is -2.17. The Labute approximate surface area is 133 Å². The minimum atomic E-state index is -3.63. The summed E-state index contributed by atoms with van der Waals surface area (Å²) in [5.41, 5.74) is 5.87. The third-order valence-electron chi connectivity index (χ3n) is 3.03. The third-order valence-corrected chi connectivity index (χ3v) is 4.14. The van der Waals surface area contributed by atoms with Crippen LogP contribution in [-0.2, 0) is 23.1 Å². The molecule has 11 heteroatoms. The van der Waals surface area contributed by atoms with Crippen LogP contribution in [0.2, 0.25) is 0 Å². The van der Waals surface area contributed by atoms with Crippen molar-refractivity contribution >= 4 is 21.7 Å². The van der Waals surface area contributed by atoms with Gasteiger partial charge in [0, 0.05) is 18.3 Å². The molecule has 2 aromatic heterocycles. The van der Waals surface area contributed by atoms with E-state index in [9.17, 15) is 13.2 Å². The summed E-state index contributed by atoms with van der Waals surface area (Å²) in [7, 11) is -3.63. The summed E-state index contributed by atoms with van der Waals surface area (Å²) in [6.45, 7) is 4.28. The number of aryl methyl sites for hydroxylation is 2. The van der Waals surface area contributed by atoms with Gasteiger partial charge in [0.25, 0.3) is 11.7 Å². The molecule has 0 atom stereocenters. The maximum atomic E-state index is 12.1. The molecule has 0 unspecified atom stereocenters. The number of primary amides is 1. The molecule has 0 spiro atoms. The molecule has 0 aliphatic rings. The van der Waals surface area contributed by atoms with Crippen molar-refractivity contribution in [2.45, 2.75) is 33.4 Å². The summed E-state index contributed by atoms with van der Waals surface area (Å²) in [6.07, 6.45) is 1.92. The SMILES string of the molecule is CCCn1nc(N(Cc2nc(C(N)=O)no2)S(C)(=O)=O)cc1C. The Morgan fingerprint density at radius 3 is 2.70 bits per heavy atom. The van der Waals surface area contributed by atoms with Gasteiger partial charge in [0.05, 0.1) is 6.26 Å². The van der Waals surface area contributed by atoms with E-state index >= 15 is 0 Å². The van der Waals surface area contributed by atoms with Gasteiger partial charge in [-0.25, -0.2) is 12.7 Å². The van der Waals surface area contributed by atoms with Gasteiger partial charge in [-0.05, 0) is 13.3 Å². The van der Waals surface area contributed by atoms with Crippen molar-refractivity contribution in [3.8, 4) is 0 Å². The predicted octanol–water partition coefficient (Wildman–Crippen LogP) is 0.0496. The molecule has 0 aliphatic carbocycles. The molecule has 126 valence electrons. The van der Waals surface area contributed by atoms with Crippen LogP contribution in [0, 0.1) is 6.92 Å². The second kappa shape index (κ2) is 6.36. The summed E-state index contributed by atoms with van der Waals surface area (Å²) in [5, 5.41) is 7.68. The van der Waals surface area contributed by atoms with Crippen LogP contribution in [-0.4, -0.2) is 40.5 Å². The molecule has 2 heterocycles. The summed E-state index contributed by atoms with van der Waals surface area (Å²) < 4.78 is 31.7. The van der Waals surface area contributed by atoms with Gasteiger partial charge < -0.3 is 10.3 Å². The molecule has 0 bridgehead atoms. The Morgan fingerprint density at radius 2 is 2.17 bits per heavy atom. The van der Waals surface area contributed by atoms with Crippen LogP contribution in [0.3, 0.4) is 0 Å². The Kier molecular flexibility index (Phi) is 4.68. The van der Waals surface area contributed by atoms with Crippen LogP contribution in [0.15, 0.2) is 10.6 Å². The van der Waals surface area contributed by atoms with E-state index in [0.29, 0.717) is 6.54 Å². The molecule has 2 aromatic rings. The van der Waals surface area contributed by atoms with Gasteiger partial charge in [0.1, 0.15) is 6.54 Å². The molecule has 0 saturated heterocycles. The van der Waals surface area contributed by atoms with Crippen LogP contribution in [0.4, 0.5) is 5.82 Å². The fourth-order valence-electron chi connectivity index (χ4n) is 1.96. The maximum Gasteiger partial charge on any atom is 0.290 e. The highest BCUT2D eigenvalue weighted by Gasteiger charge is 2.24. The van der Waals surface area contributed by atoms with Gasteiger partial charge in [-0.2, -0.15) is 10.1 Å². The quantitative estimate of drug-likeness (QED) is 0.750. The van der Waals surface area contributed by atoms with Gasteiger partial charge >= 0.3 is 0 Å². The second-order valence-corrected chi connectivity index (χ2v) is 6.92. The molecular formula is C12H18N6O4S. The Bertz CT molecular complexity index is 809. The first-order valence-corrected chi connectivity index (χ1v) is 8.71. The van der Waals surface area contributed by atoms with Gasteiger partial charge in [-0.1, -0.05) is 12.1 Å². The monoisotopic (exact) mass is 342 g/mol. The van der Waals surface area contributed by atoms with Crippen molar-refractivity contribution in [3.05, 3.63) is 23.5 Å². The zero-order valence-electron chi connectivity index (χ0n) is 13.1. The van der Waals surface area contributed by atoms with E-state index in [1.165, 1.54) is 0 Å². The van der Waals surface area contributed by atoms with Crippen LogP contribution >= 0.6 is 0 Å². The lowest BCUT2D eigenvalue weighted by Crippen LogP contribution is -2.30. The molecule has 0 radical (unpaired) electrons. The van der Waals surface area contributed by atoms with Gasteiger partial charge in [-0.3, -0.25) is 9.48 Å². The molecule has 2 N–H and O–H groups in total. The molecular weight excluding hydrogens is 324 g/mol. The molecule has 2 rings (SSSR count). The fraction of sp³-hybridized carbons (Fsp3) is 0.500. The zero-order chi connectivity index (χ0) is 17.2. The number of aromatic nitrogens is 4. The van der Waals surface area contributed by atoms with Crippen molar-refractivity contribution in [1.82, 2.24) is 19.9 Å². The number of nitrogens with two attached hydrogens (primary N) is 1. The average Bonchev–Trinajstić information content (AvgIpc) is 3.03. The van der Waals surface area contributed by atoms with Crippen molar-refractivity contribution in [2.24, 2.45) is 5.73 Å². The van der Waals surface area contributed by atoms with E-state index in [-0.39, 0.29) is 24.1 Å². The normalized spacial score (nSPS) is 11.6. The Hall–Kier alpha value is -2.43. The zero-order valence-corrected chi connectivity index (χ0v) is 13.9. The van der Waals surface area contributed by atoms with E-state index in [1.807, 2.05) is 13.8 Å². The van der Waals surface area contributed by atoms with Gasteiger partial charge in [0.2, 0.25) is 15.9 Å². The standard InChI is InChI=1S/C12H18N6O4S/c1-4-5-17-8(2)6-9(15-17)18(23(3,20)21)7-10-14-12(11(13)19)16-22-10/h6H,4-5,7H2,1-3H3,(H2,13,19). The smallest absolute Gasteiger partial charge is 0.290 e. The molecule has 23 heavy (non-hydrogen) atoms. The lowest BCUT2D eigenvalue weighted by atomic mass is 10.4. The summed E-state index contributed by atoms with van der Waals surface area (Å²) in [5.74, 6) is -0.959. The van der Waals surface area contributed by atoms with Crippen molar-refractivity contribution in [2.75, 3.05) is 10.6 Å². The largest absolute Gasteiger partial charge is 0.363 e.